The molecule has 0 spiro atoms. The smallest absolute Gasteiger partial charge is 0.409 e. The van der Waals surface area contributed by atoms with Crippen molar-refractivity contribution in [1.82, 2.24) is 10.2 Å². The number of nitrogens with zero attached hydrogens (tertiary/aromatic N) is 1. The van der Waals surface area contributed by atoms with E-state index in [1.54, 1.807) is 17.0 Å². The molecular weight excluding hydrogens is 516 g/mol. The first-order valence-corrected chi connectivity index (χ1v) is 14.4. The van der Waals surface area contributed by atoms with Crippen molar-refractivity contribution in [3.63, 3.8) is 0 Å². The van der Waals surface area contributed by atoms with Crippen LogP contribution in [-0.2, 0) is 16.1 Å². The second kappa shape index (κ2) is 12.6. The highest BCUT2D eigenvalue weighted by Gasteiger charge is 2.47. The first kappa shape index (κ1) is 29.2. The summed E-state index contributed by atoms with van der Waals surface area (Å²) in [6.07, 6.45) is 4.75. The number of amides is 2. The van der Waals surface area contributed by atoms with Gasteiger partial charge >= 0.3 is 6.09 Å². The third-order valence-electron chi connectivity index (χ3n) is 7.48. The lowest BCUT2D eigenvalue weighted by Gasteiger charge is -2.43. The Bertz CT molecular complexity index is 1130. The molecular formula is C31H41ClN2O5. The Kier molecular flexibility index (Phi) is 9.44. The molecule has 1 saturated heterocycles. The molecule has 2 aromatic rings. The fraction of sp³-hybridized carbons (Fsp3) is 0.548. The maximum absolute atomic E-state index is 14.3. The summed E-state index contributed by atoms with van der Waals surface area (Å²) in [6, 6.07) is 15.2. The summed E-state index contributed by atoms with van der Waals surface area (Å²) in [4.78, 5) is 28.5. The van der Waals surface area contributed by atoms with Gasteiger partial charge in [0.25, 0.3) is 0 Å². The molecule has 0 radical (unpaired) electrons. The van der Waals surface area contributed by atoms with Crippen LogP contribution >= 0.6 is 11.6 Å². The van der Waals surface area contributed by atoms with Gasteiger partial charge in [-0.1, -0.05) is 67.3 Å². The Morgan fingerprint density at radius 1 is 1.08 bits per heavy atom. The van der Waals surface area contributed by atoms with Gasteiger partial charge in [-0.05, 0) is 69.7 Å². The lowest BCUT2D eigenvalue weighted by atomic mass is 9.72. The number of halogens is 1. The third kappa shape index (κ3) is 7.67. The zero-order valence-corrected chi connectivity index (χ0v) is 24.0. The topological polar surface area (TPSA) is 88.1 Å². The summed E-state index contributed by atoms with van der Waals surface area (Å²) in [5.41, 5.74) is 0.00105. The van der Waals surface area contributed by atoms with Crippen LogP contribution in [0.2, 0.25) is 5.02 Å². The summed E-state index contributed by atoms with van der Waals surface area (Å²) in [5.74, 6) is -0.542. The van der Waals surface area contributed by atoms with Crippen molar-refractivity contribution in [3.05, 3.63) is 64.7 Å². The van der Waals surface area contributed by atoms with E-state index in [2.05, 4.69) is 5.32 Å². The number of carbonyl (C=O) groups excluding carboxylic acids is 2. The van der Waals surface area contributed by atoms with Crippen molar-refractivity contribution in [3.8, 4) is 5.75 Å². The summed E-state index contributed by atoms with van der Waals surface area (Å²) >= 11 is 6.66. The molecule has 39 heavy (non-hydrogen) atoms. The van der Waals surface area contributed by atoms with Gasteiger partial charge < -0.3 is 24.8 Å². The van der Waals surface area contributed by atoms with Crippen LogP contribution in [0.4, 0.5) is 4.79 Å². The van der Waals surface area contributed by atoms with Gasteiger partial charge in [0, 0.05) is 18.5 Å². The molecule has 2 aromatic carbocycles. The average Bonchev–Trinajstić information content (AvgIpc) is 2.88. The molecule has 2 aliphatic rings. The molecule has 8 heteroatoms. The Hall–Kier alpha value is -2.77. The van der Waals surface area contributed by atoms with Crippen LogP contribution in [0, 0.1) is 0 Å². The number of aliphatic hydroxyl groups is 1. The zero-order chi connectivity index (χ0) is 28.0. The molecule has 1 heterocycles. The lowest BCUT2D eigenvalue weighted by molar-refractivity contribution is -0.154. The lowest BCUT2D eigenvalue weighted by Crippen LogP contribution is -2.54. The summed E-state index contributed by atoms with van der Waals surface area (Å²) in [7, 11) is 0. The maximum Gasteiger partial charge on any atom is 0.409 e. The Morgan fingerprint density at radius 3 is 2.46 bits per heavy atom. The number of rotatable bonds is 7. The largest absolute Gasteiger partial charge is 0.487 e. The van der Waals surface area contributed by atoms with Crippen LogP contribution in [0.25, 0.3) is 0 Å². The predicted octanol–water partition coefficient (Wildman–Crippen LogP) is 6.56. The molecule has 0 bridgehead atoms. The normalized spacial score (nSPS) is 20.1. The van der Waals surface area contributed by atoms with Crippen LogP contribution in [0.1, 0.15) is 89.2 Å². The summed E-state index contributed by atoms with van der Waals surface area (Å²) < 4.78 is 11.7. The SMILES string of the molecule is CC(C)(C)NC(=O)OC1CCCCN1C(=O)C(c1ccc(OCc2ccccc2)c(Cl)c1)C1(O)CCCCC1. The highest BCUT2D eigenvalue weighted by Crippen LogP contribution is 2.43. The van der Waals surface area contributed by atoms with Crippen molar-refractivity contribution >= 4 is 23.6 Å². The number of alkyl carbamates (subject to hydrolysis) is 1. The minimum absolute atomic E-state index is 0.235. The standard InChI is InChI=1S/C31H41ClN2O5/c1-30(2,3)33-29(36)39-26-14-8-11-19-34(26)28(35)27(31(37)17-9-5-10-18-31)23-15-16-25(24(32)20-23)38-21-22-12-6-4-7-13-22/h4,6-7,12-13,15-16,20,26-27,37H,5,8-11,14,17-19,21H2,1-3H3,(H,33,36). The van der Waals surface area contributed by atoms with Gasteiger partial charge in [-0.3, -0.25) is 4.79 Å². The molecule has 2 amide bonds. The van der Waals surface area contributed by atoms with E-state index in [4.69, 9.17) is 21.1 Å². The Labute approximate surface area is 236 Å². The molecule has 2 fully saturated rings. The second-order valence-electron chi connectivity index (χ2n) is 11.8. The molecule has 4 rings (SSSR count). The number of ether oxygens (including phenoxy) is 2. The van der Waals surface area contributed by atoms with Crippen molar-refractivity contribution < 1.29 is 24.2 Å². The fourth-order valence-corrected chi connectivity index (χ4v) is 5.83. The first-order valence-electron chi connectivity index (χ1n) is 14.0. The van der Waals surface area contributed by atoms with E-state index in [0.29, 0.717) is 48.7 Å². The van der Waals surface area contributed by atoms with Gasteiger partial charge in [0.2, 0.25) is 5.91 Å². The molecule has 2 unspecified atom stereocenters. The van der Waals surface area contributed by atoms with Gasteiger partial charge in [0.15, 0.2) is 6.23 Å². The van der Waals surface area contributed by atoms with E-state index in [9.17, 15) is 14.7 Å². The van der Waals surface area contributed by atoms with Crippen molar-refractivity contribution in [1.29, 1.82) is 0 Å². The van der Waals surface area contributed by atoms with E-state index < -0.39 is 29.4 Å². The molecule has 7 nitrogen and oxygen atoms in total. The van der Waals surface area contributed by atoms with Crippen LogP contribution in [0.15, 0.2) is 48.5 Å². The predicted molar refractivity (Wildman–Crippen MR) is 152 cm³/mol. The van der Waals surface area contributed by atoms with E-state index >= 15 is 0 Å². The summed E-state index contributed by atoms with van der Waals surface area (Å²) in [5, 5.41) is 15.1. The van der Waals surface area contributed by atoms with Gasteiger partial charge in [-0.25, -0.2) is 4.79 Å². The van der Waals surface area contributed by atoms with Crippen LogP contribution < -0.4 is 10.1 Å². The number of carbonyl (C=O) groups is 2. The van der Waals surface area contributed by atoms with Crippen LogP contribution in [0.3, 0.4) is 0 Å². The Morgan fingerprint density at radius 2 is 1.79 bits per heavy atom. The van der Waals surface area contributed by atoms with Gasteiger partial charge in [-0.2, -0.15) is 0 Å². The van der Waals surface area contributed by atoms with E-state index in [1.165, 1.54) is 0 Å². The number of benzene rings is 2. The van der Waals surface area contributed by atoms with Crippen molar-refractivity contribution in [2.75, 3.05) is 6.54 Å². The van der Waals surface area contributed by atoms with Gasteiger partial charge in [0.05, 0.1) is 16.5 Å². The second-order valence-corrected chi connectivity index (χ2v) is 12.2. The monoisotopic (exact) mass is 556 g/mol. The molecule has 0 aromatic heterocycles. The number of piperidine rings is 1. The van der Waals surface area contributed by atoms with Crippen molar-refractivity contribution in [2.45, 2.75) is 102 Å². The number of hydrogen-bond donors (Lipinski definition) is 2. The number of nitrogens with one attached hydrogen (secondary N) is 1. The first-order chi connectivity index (χ1) is 18.6. The Balaban J connectivity index is 1.59. The molecule has 212 valence electrons. The zero-order valence-electron chi connectivity index (χ0n) is 23.2. The fourth-order valence-electron chi connectivity index (χ4n) is 5.58. The highest BCUT2D eigenvalue weighted by molar-refractivity contribution is 6.32. The summed E-state index contributed by atoms with van der Waals surface area (Å²) in [6.45, 7) is 6.47. The maximum atomic E-state index is 14.3. The van der Waals surface area contributed by atoms with Crippen LogP contribution in [-0.4, -0.2) is 45.9 Å². The van der Waals surface area contributed by atoms with E-state index in [-0.39, 0.29) is 5.91 Å². The molecule has 1 saturated carbocycles. The van der Waals surface area contributed by atoms with Crippen LogP contribution in [0.5, 0.6) is 5.75 Å². The number of likely N-dealkylation sites (tertiary alicyclic amines) is 1. The number of hydrogen-bond acceptors (Lipinski definition) is 5. The van der Waals surface area contributed by atoms with E-state index in [0.717, 1.165) is 37.7 Å². The van der Waals surface area contributed by atoms with E-state index in [1.807, 2.05) is 57.2 Å². The quantitative estimate of drug-likeness (QED) is 0.403. The van der Waals surface area contributed by atoms with Gasteiger partial charge in [0.1, 0.15) is 12.4 Å². The van der Waals surface area contributed by atoms with Gasteiger partial charge in [-0.15, -0.1) is 0 Å². The molecule has 2 atom stereocenters. The molecule has 1 aliphatic carbocycles. The minimum atomic E-state index is -1.21. The molecule has 1 aliphatic heterocycles. The minimum Gasteiger partial charge on any atom is -0.487 e. The molecule has 2 N–H and O–H groups in total. The van der Waals surface area contributed by atoms with Crippen molar-refractivity contribution in [2.24, 2.45) is 0 Å². The highest BCUT2D eigenvalue weighted by atomic mass is 35.5. The third-order valence-corrected chi connectivity index (χ3v) is 7.78. The average molecular weight is 557 g/mol.